The second-order valence-electron chi connectivity index (χ2n) is 4.76. The van der Waals surface area contributed by atoms with Crippen LogP contribution in [0.25, 0.3) is 0 Å². The van der Waals surface area contributed by atoms with E-state index in [2.05, 4.69) is 5.32 Å². The molecular weight excluding hydrogens is 282 g/mol. The Bertz CT molecular complexity index is 511. The molecule has 0 bridgehead atoms. The van der Waals surface area contributed by atoms with Gasteiger partial charge in [0.05, 0.1) is 25.6 Å². The minimum absolute atomic E-state index is 0.187. The highest BCUT2D eigenvalue weighted by molar-refractivity contribution is 7.88. The number of carbonyl (C=O) groups excluding carboxylic acids is 1. The summed E-state index contributed by atoms with van der Waals surface area (Å²) in [6, 6.07) is 3.46. The van der Waals surface area contributed by atoms with Gasteiger partial charge in [-0.25, -0.2) is 8.42 Å². The van der Waals surface area contributed by atoms with E-state index >= 15 is 0 Å². The molecule has 8 heteroatoms. The molecule has 0 radical (unpaired) electrons. The smallest absolute Gasteiger partial charge is 0.235 e. The van der Waals surface area contributed by atoms with Gasteiger partial charge < -0.3 is 14.6 Å². The Kier molecular flexibility index (Phi) is 6.18. The van der Waals surface area contributed by atoms with E-state index in [4.69, 9.17) is 4.42 Å². The quantitative estimate of drug-likeness (QED) is 0.714. The zero-order valence-corrected chi connectivity index (χ0v) is 12.8. The molecule has 0 fully saturated rings. The summed E-state index contributed by atoms with van der Waals surface area (Å²) in [4.78, 5) is 13.6. The van der Waals surface area contributed by atoms with Crippen molar-refractivity contribution in [2.24, 2.45) is 0 Å². The maximum absolute atomic E-state index is 11.8. The molecule has 1 N–H and O–H groups in total. The molecule has 1 amide bonds. The summed E-state index contributed by atoms with van der Waals surface area (Å²) in [5.41, 5.74) is 0. The standard InChI is InChI=1S/C12H21N3O4S/c1-14(2)6-7-15(20(3,17)18)10-12(16)13-9-11-5-4-8-19-11/h4-5,8H,6-7,9-10H2,1-3H3,(H,13,16). The highest BCUT2D eigenvalue weighted by Crippen LogP contribution is 2.00. The van der Waals surface area contributed by atoms with Crippen molar-refractivity contribution >= 4 is 15.9 Å². The molecule has 0 atom stereocenters. The minimum Gasteiger partial charge on any atom is -0.467 e. The Labute approximate surface area is 119 Å². The molecule has 1 aromatic heterocycles. The summed E-state index contributed by atoms with van der Waals surface area (Å²) in [5, 5.41) is 2.62. The SMILES string of the molecule is CN(C)CCN(CC(=O)NCc1ccco1)S(C)(=O)=O. The lowest BCUT2D eigenvalue weighted by molar-refractivity contribution is -0.121. The van der Waals surface area contributed by atoms with Crippen LogP contribution in [-0.4, -0.2) is 63.5 Å². The molecule has 114 valence electrons. The summed E-state index contributed by atoms with van der Waals surface area (Å²) in [6.45, 7) is 0.892. The van der Waals surface area contributed by atoms with Crippen LogP contribution in [0.4, 0.5) is 0 Å². The molecule has 0 saturated carbocycles. The van der Waals surface area contributed by atoms with E-state index < -0.39 is 10.0 Å². The second-order valence-corrected chi connectivity index (χ2v) is 6.74. The monoisotopic (exact) mass is 303 g/mol. The van der Waals surface area contributed by atoms with Crippen LogP contribution >= 0.6 is 0 Å². The number of hydrogen-bond donors (Lipinski definition) is 1. The molecule has 1 aromatic rings. The molecule has 0 aromatic carbocycles. The van der Waals surface area contributed by atoms with Crippen molar-refractivity contribution in [2.75, 3.05) is 40.0 Å². The lowest BCUT2D eigenvalue weighted by Gasteiger charge is -2.21. The molecule has 7 nitrogen and oxygen atoms in total. The second kappa shape index (κ2) is 7.41. The zero-order chi connectivity index (χ0) is 15.2. The van der Waals surface area contributed by atoms with Crippen LogP contribution in [0.5, 0.6) is 0 Å². The molecule has 20 heavy (non-hydrogen) atoms. The Morgan fingerprint density at radius 1 is 1.35 bits per heavy atom. The Balaban J connectivity index is 2.49. The molecule has 0 spiro atoms. The van der Waals surface area contributed by atoms with Gasteiger partial charge in [-0.3, -0.25) is 4.79 Å². The average molecular weight is 303 g/mol. The number of nitrogens with one attached hydrogen (secondary N) is 1. The average Bonchev–Trinajstić information content (AvgIpc) is 2.83. The lowest BCUT2D eigenvalue weighted by atomic mass is 10.4. The third-order valence-corrected chi connectivity index (χ3v) is 3.88. The highest BCUT2D eigenvalue weighted by atomic mass is 32.2. The van der Waals surface area contributed by atoms with E-state index in [1.54, 1.807) is 12.1 Å². The Hall–Kier alpha value is -1.38. The third kappa shape index (κ3) is 6.18. The van der Waals surface area contributed by atoms with Crippen LogP contribution in [0.2, 0.25) is 0 Å². The summed E-state index contributed by atoms with van der Waals surface area (Å²) in [7, 11) is 0.284. The van der Waals surface area contributed by atoms with Crippen LogP contribution in [0.1, 0.15) is 5.76 Å². The van der Waals surface area contributed by atoms with Crippen molar-refractivity contribution in [1.82, 2.24) is 14.5 Å². The van der Waals surface area contributed by atoms with Gasteiger partial charge in [0.1, 0.15) is 5.76 Å². The molecule has 1 rings (SSSR count). The largest absolute Gasteiger partial charge is 0.467 e. The predicted molar refractivity (Wildman–Crippen MR) is 75.5 cm³/mol. The van der Waals surface area contributed by atoms with Crippen molar-refractivity contribution in [1.29, 1.82) is 0 Å². The van der Waals surface area contributed by atoms with Crippen molar-refractivity contribution in [2.45, 2.75) is 6.54 Å². The number of furan rings is 1. The third-order valence-electron chi connectivity index (χ3n) is 2.63. The van der Waals surface area contributed by atoms with Gasteiger partial charge in [-0.05, 0) is 26.2 Å². The van der Waals surface area contributed by atoms with Crippen LogP contribution in [0, 0.1) is 0 Å². The van der Waals surface area contributed by atoms with Gasteiger partial charge in [-0.2, -0.15) is 4.31 Å². The summed E-state index contributed by atoms with van der Waals surface area (Å²) >= 11 is 0. The fourth-order valence-electron chi connectivity index (χ4n) is 1.49. The van der Waals surface area contributed by atoms with E-state index in [9.17, 15) is 13.2 Å². The molecule has 0 aliphatic rings. The van der Waals surface area contributed by atoms with Gasteiger partial charge in [0.25, 0.3) is 0 Å². The minimum atomic E-state index is -3.41. The van der Waals surface area contributed by atoms with Crippen LogP contribution in [0.3, 0.4) is 0 Å². The summed E-state index contributed by atoms with van der Waals surface area (Å²) < 4.78 is 29.5. The predicted octanol–water partition coefficient (Wildman–Crippen LogP) is -0.281. The van der Waals surface area contributed by atoms with E-state index in [-0.39, 0.29) is 25.5 Å². The lowest BCUT2D eigenvalue weighted by Crippen LogP contribution is -2.42. The van der Waals surface area contributed by atoms with Crippen LogP contribution in [0.15, 0.2) is 22.8 Å². The van der Waals surface area contributed by atoms with E-state index in [0.717, 1.165) is 10.6 Å². The number of rotatable bonds is 8. The normalized spacial score (nSPS) is 12.1. The van der Waals surface area contributed by atoms with Crippen LogP contribution < -0.4 is 5.32 Å². The molecule has 0 aliphatic heterocycles. The van der Waals surface area contributed by atoms with Crippen LogP contribution in [-0.2, 0) is 21.4 Å². The number of hydrogen-bond acceptors (Lipinski definition) is 5. The molecule has 0 unspecified atom stereocenters. The maximum atomic E-state index is 11.8. The molecule has 0 saturated heterocycles. The molecular formula is C12H21N3O4S. The van der Waals surface area contributed by atoms with Gasteiger partial charge in [0.2, 0.25) is 15.9 Å². The zero-order valence-electron chi connectivity index (χ0n) is 12.0. The molecule has 1 heterocycles. The number of amides is 1. The van der Waals surface area contributed by atoms with Gasteiger partial charge in [0, 0.05) is 13.1 Å². The first-order valence-electron chi connectivity index (χ1n) is 6.18. The number of likely N-dealkylation sites (N-methyl/N-ethyl adjacent to an activating group) is 1. The van der Waals surface area contributed by atoms with Gasteiger partial charge in [-0.15, -0.1) is 0 Å². The molecule has 0 aliphatic carbocycles. The first-order chi connectivity index (χ1) is 9.29. The summed E-state index contributed by atoms with van der Waals surface area (Å²) in [6.07, 6.45) is 2.61. The Morgan fingerprint density at radius 2 is 2.05 bits per heavy atom. The number of sulfonamides is 1. The van der Waals surface area contributed by atoms with Crippen molar-refractivity contribution in [3.8, 4) is 0 Å². The van der Waals surface area contributed by atoms with Gasteiger partial charge in [-0.1, -0.05) is 0 Å². The first-order valence-corrected chi connectivity index (χ1v) is 8.03. The van der Waals surface area contributed by atoms with Crippen molar-refractivity contribution in [3.05, 3.63) is 24.2 Å². The topological polar surface area (TPSA) is 82.9 Å². The fraction of sp³-hybridized carbons (Fsp3) is 0.583. The van der Waals surface area contributed by atoms with E-state index in [1.165, 1.54) is 6.26 Å². The fourth-order valence-corrected chi connectivity index (χ4v) is 2.25. The summed E-state index contributed by atoms with van der Waals surface area (Å²) in [5.74, 6) is 0.267. The highest BCUT2D eigenvalue weighted by Gasteiger charge is 2.19. The van der Waals surface area contributed by atoms with Gasteiger partial charge >= 0.3 is 0 Å². The van der Waals surface area contributed by atoms with E-state index in [1.807, 2.05) is 19.0 Å². The van der Waals surface area contributed by atoms with E-state index in [0.29, 0.717) is 12.3 Å². The van der Waals surface area contributed by atoms with Crippen molar-refractivity contribution in [3.63, 3.8) is 0 Å². The maximum Gasteiger partial charge on any atom is 0.235 e. The number of nitrogens with zero attached hydrogens (tertiary/aromatic N) is 2. The first kappa shape index (κ1) is 16.7. The van der Waals surface area contributed by atoms with Gasteiger partial charge in [0.15, 0.2) is 0 Å². The number of carbonyl (C=O) groups is 1. The van der Waals surface area contributed by atoms with Crippen molar-refractivity contribution < 1.29 is 17.6 Å². The Morgan fingerprint density at radius 3 is 2.55 bits per heavy atom.